The van der Waals surface area contributed by atoms with Crippen LogP contribution in [0.1, 0.15) is 12.8 Å². The van der Waals surface area contributed by atoms with Gasteiger partial charge >= 0.3 is 0 Å². The molecular weight excluding hydrogens is 699 g/mol. The normalized spacial score (nSPS) is 16.4. The minimum absolute atomic E-state index is 0.459. The number of likely N-dealkylation sites (N-methyl/N-ethyl adjacent to an activating group) is 1. The maximum absolute atomic E-state index is 6.01. The van der Waals surface area contributed by atoms with Crippen LogP contribution in [-0.2, 0) is 7.05 Å². The molecule has 13 heteroatoms. The van der Waals surface area contributed by atoms with E-state index >= 15 is 0 Å². The maximum Gasteiger partial charge on any atom is 0.229 e. The SMILES string of the molecule is COc1cc(N2CCC(N3CCN(C)CC3)CC2)c(-c2ccn(C)c2)cc1Nc1ncc(Br)c(Nc2ccc3nccnc3c2P(C)C)n1. The minimum atomic E-state index is -0.483. The highest BCUT2D eigenvalue weighted by atomic mass is 79.9. The number of anilines is 5. The van der Waals surface area contributed by atoms with Crippen molar-refractivity contribution in [3.8, 4) is 16.9 Å². The van der Waals surface area contributed by atoms with Gasteiger partial charge in [-0.05, 0) is 73.4 Å². The third kappa shape index (κ3) is 7.24. The van der Waals surface area contributed by atoms with Gasteiger partial charge in [-0.3, -0.25) is 14.9 Å². The number of piperazine rings is 1. The van der Waals surface area contributed by atoms with Crippen LogP contribution >= 0.6 is 23.9 Å². The van der Waals surface area contributed by atoms with E-state index in [4.69, 9.17) is 9.72 Å². The lowest BCUT2D eigenvalue weighted by Gasteiger charge is -2.43. The van der Waals surface area contributed by atoms with E-state index in [9.17, 15) is 0 Å². The summed E-state index contributed by atoms with van der Waals surface area (Å²) in [4.78, 5) is 26.4. The fourth-order valence-electron chi connectivity index (χ4n) is 6.99. The number of benzene rings is 2. The fourth-order valence-corrected chi connectivity index (χ4v) is 8.49. The number of halogens is 1. The Bertz CT molecular complexity index is 1940. The molecule has 0 saturated carbocycles. The van der Waals surface area contributed by atoms with E-state index in [0.29, 0.717) is 17.8 Å². The minimum Gasteiger partial charge on any atom is -0.494 e. The molecule has 2 aromatic carbocycles. The molecule has 2 aliphatic rings. The average molecular weight is 744 g/mol. The van der Waals surface area contributed by atoms with Crippen molar-refractivity contribution in [2.24, 2.45) is 7.05 Å². The van der Waals surface area contributed by atoms with Crippen molar-refractivity contribution in [2.45, 2.75) is 18.9 Å². The van der Waals surface area contributed by atoms with Crippen molar-refractivity contribution in [1.29, 1.82) is 0 Å². The van der Waals surface area contributed by atoms with E-state index in [2.05, 4.69) is 125 Å². The van der Waals surface area contributed by atoms with Crippen molar-refractivity contribution in [1.82, 2.24) is 34.3 Å². The zero-order valence-electron chi connectivity index (χ0n) is 28.8. The molecule has 5 aromatic rings. The molecule has 256 valence electrons. The van der Waals surface area contributed by atoms with Gasteiger partial charge in [-0.25, -0.2) is 4.98 Å². The highest BCUT2D eigenvalue weighted by molar-refractivity contribution is 9.10. The summed E-state index contributed by atoms with van der Waals surface area (Å²) < 4.78 is 8.86. The van der Waals surface area contributed by atoms with Crippen LogP contribution < -0.4 is 25.6 Å². The summed E-state index contributed by atoms with van der Waals surface area (Å²) in [6, 6.07) is 11.2. The van der Waals surface area contributed by atoms with Gasteiger partial charge in [-0.15, -0.1) is 0 Å². The first-order chi connectivity index (χ1) is 23.8. The van der Waals surface area contributed by atoms with Crippen molar-refractivity contribution in [2.75, 3.05) is 82.3 Å². The smallest absolute Gasteiger partial charge is 0.229 e. The number of fused-ring (bicyclic) bond motifs is 1. The van der Waals surface area contributed by atoms with E-state index in [-0.39, 0.29) is 0 Å². The monoisotopic (exact) mass is 742 g/mol. The lowest BCUT2D eigenvalue weighted by molar-refractivity contribution is 0.0982. The number of hydrogen-bond acceptors (Lipinski definition) is 10. The summed E-state index contributed by atoms with van der Waals surface area (Å²) in [7, 11) is 5.52. The van der Waals surface area contributed by atoms with Crippen molar-refractivity contribution in [3.05, 3.63) is 65.8 Å². The van der Waals surface area contributed by atoms with Crippen LogP contribution in [0.2, 0.25) is 0 Å². The van der Waals surface area contributed by atoms with Crippen LogP contribution in [0.5, 0.6) is 5.75 Å². The maximum atomic E-state index is 6.01. The molecule has 0 radical (unpaired) electrons. The van der Waals surface area contributed by atoms with Gasteiger partial charge in [0.25, 0.3) is 0 Å². The van der Waals surface area contributed by atoms with Crippen LogP contribution in [0.15, 0.2) is 65.8 Å². The van der Waals surface area contributed by atoms with E-state index in [0.717, 1.165) is 101 Å². The molecule has 2 fully saturated rings. The van der Waals surface area contributed by atoms with E-state index in [1.807, 2.05) is 6.07 Å². The first kappa shape index (κ1) is 33.7. The quantitative estimate of drug-likeness (QED) is 0.168. The molecule has 7 rings (SSSR count). The molecule has 2 aliphatic heterocycles. The molecule has 2 N–H and O–H groups in total. The zero-order valence-corrected chi connectivity index (χ0v) is 31.3. The molecule has 3 aromatic heterocycles. The Kier molecular flexibility index (Phi) is 10.0. The Labute approximate surface area is 298 Å². The fraction of sp³-hybridized carbons (Fsp3) is 0.389. The van der Waals surface area contributed by atoms with E-state index in [1.54, 1.807) is 25.7 Å². The summed E-state index contributed by atoms with van der Waals surface area (Å²) in [6.45, 7) is 11.1. The van der Waals surface area contributed by atoms with Crippen molar-refractivity contribution < 1.29 is 4.74 Å². The van der Waals surface area contributed by atoms with Crippen LogP contribution in [0.25, 0.3) is 22.2 Å². The summed E-state index contributed by atoms with van der Waals surface area (Å²) in [6.07, 6.45) is 11.8. The number of nitrogens with zero attached hydrogens (tertiary/aromatic N) is 8. The highest BCUT2D eigenvalue weighted by Gasteiger charge is 2.28. The van der Waals surface area contributed by atoms with Crippen molar-refractivity contribution >= 4 is 69.0 Å². The highest BCUT2D eigenvalue weighted by Crippen LogP contribution is 2.42. The molecule has 0 bridgehead atoms. The molecule has 0 aliphatic carbocycles. The number of rotatable bonds is 9. The van der Waals surface area contributed by atoms with Gasteiger partial charge in [-0.2, -0.15) is 4.98 Å². The second-order valence-electron chi connectivity index (χ2n) is 13.1. The molecular formula is C36H44BrN10OP. The van der Waals surface area contributed by atoms with Gasteiger partial charge in [0.1, 0.15) is 11.6 Å². The number of hydrogen-bond donors (Lipinski definition) is 2. The van der Waals surface area contributed by atoms with Crippen LogP contribution in [0.3, 0.4) is 0 Å². The Morgan fingerprint density at radius 3 is 2.39 bits per heavy atom. The topological polar surface area (TPSA) is 99.5 Å². The number of aromatic nitrogens is 5. The van der Waals surface area contributed by atoms with Crippen molar-refractivity contribution in [3.63, 3.8) is 0 Å². The largest absolute Gasteiger partial charge is 0.494 e. The number of methoxy groups -OCH3 is 1. The number of nitrogens with one attached hydrogen (secondary N) is 2. The second-order valence-corrected chi connectivity index (χ2v) is 16.2. The standard InChI is InChI=1S/C36H44BrN10OP/c1-44-16-18-46(19-17-44)25-9-14-47(15-10-25)31-21-32(48-3)30(20-26(31)24-8-13-45(2)23-24)42-36-40-22-27(37)35(43-36)41-29-7-6-28-33(34(29)49(4)5)39-12-11-38-28/h6-8,11-13,20-23,25H,9-10,14-19H2,1-5H3,(H2,40,41,42,43). The molecule has 2 saturated heterocycles. The Morgan fingerprint density at radius 2 is 1.67 bits per heavy atom. The molecule has 11 nitrogen and oxygen atoms in total. The van der Waals surface area contributed by atoms with Gasteiger partial charge in [0.15, 0.2) is 0 Å². The first-order valence-corrected chi connectivity index (χ1v) is 19.8. The lowest BCUT2D eigenvalue weighted by atomic mass is 9.98. The Balaban J connectivity index is 1.17. The van der Waals surface area contributed by atoms with Crippen LogP contribution in [0.4, 0.5) is 28.8 Å². The first-order valence-electron chi connectivity index (χ1n) is 16.8. The van der Waals surface area contributed by atoms with E-state index in [1.165, 1.54) is 5.69 Å². The molecule has 0 spiro atoms. The summed E-state index contributed by atoms with van der Waals surface area (Å²) >= 11 is 3.67. The molecule has 49 heavy (non-hydrogen) atoms. The third-order valence-corrected chi connectivity index (χ3v) is 11.6. The average Bonchev–Trinajstić information content (AvgIpc) is 3.55. The van der Waals surface area contributed by atoms with Gasteiger partial charge in [0.05, 0.1) is 28.3 Å². The number of aryl methyl sites for hydroxylation is 1. The van der Waals surface area contributed by atoms with Gasteiger partial charge in [0, 0.05) is 117 Å². The second kappa shape index (κ2) is 14.6. The lowest BCUT2D eigenvalue weighted by Crippen LogP contribution is -2.52. The Hall–Kier alpha value is -3.83. The van der Waals surface area contributed by atoms with Crippen LogP contribution in [0, 0.1) is 0 Å². The zero-order chi connectivity index (χ0) is 34.1. The number of ether oxygens (including phenoxy) is 1. The van der Waals surface area contributed by atoms with E-state index < -0.39 is 7.92 Å². The summed E-state index contributed by atoms with van der Waals surface area (Å²) in [5, 5.41) is 8.19. The van der Waals surface area contributed by atoms with Gasteiger partial charge < -0.3 is 29.7 Å². The Morgan fingerprint density at radius 1 is 0.898 bits per heavy atom. The molecule has 5 heterocycles. The molecule has 0 atom stereocenters. The summed E-state index contributed by atoms with van der Waals surface area (Å²) in [5.41, 5.74) is 7.05. The molecule has 0 amide bonds. The summed E-state index contributed by atoms with van der Waals surface area (Å²) in [5.74, 6) is 1.86. The predicted octanol–water partition coefficient (Wildman–Crippen LogP) is 6.27. The molecule has 0 unspecified atom stereocenters. The number of piperidine rings is 1. The third-order valence-electron chi connectivity index (χ3n) is 9.62. The van der Waals surface area contributed by atoms with Gasteiger partial charge in [-0.1, -0.05) is 7.92 Å². The van der Waals surface area contributed by atoms with Gasteiger partial charge in [0.2, 0.25) is 5.95 Å². The van der Waals surface area contributed by atoms with Crippen LogP contribution in [-0.4, -0.2) is 107 Å². The predicted molar refractivity (Wildman–Crippen MR) is 206 cm³/mol.